The lowest BCUT2D eigenvalue weighted by atomic mass is 10.2. The normalized spacial score (nSPS) is 13.7. The Kier molecular flexibility index (Phi) is 5.29. The highest BCUT2D eigenvalue weighted by Gasteiger charge is 2.30. The summed E-state index contributed by atoms with van der Waals surface area (Å²) in [6, 6.07) is 8.19. The Balaban J connectivity index is 1.35. The van der Waals surface area contributed by atoms with Crippen molar-refractivity contribution in [2.24, 2.45) is 7.05 Å². The quantitative estimate of drug-likeness (QED) is 0.415. The van der Waals surface area contributed by atoms with Crippen LogP contribution in [0.1, 0.15) is 36.0 Å². The van der Waals surface area contributed by atoms with Crippen molar-refractivity contribution in [2.75, 3.05) is 0 Å². The first-order valence-electron chi connectivity index (χ1n) is 9.09. The molecule has 27 heavy (non-hydrogen) atoms. The third-order valence-electron chi connectivity index (χ3n) is 4.58. The van der Waals surface area contributed by atoms with Crippen LogP contribution in [0.5, 0.6) is 5.75 Å². The van der Waals surface area contributed by atoms with Crippen molar-refractivity contribution < 1.29 is 4.74 Å². The molecule has 7 heteroatoms. The van der Waals surface area contributed by atoms with E-state index in [0.29, 0.717) is 12.5 Å². The average molecular weight is 382 g/mol. The molecule has 0 spiro atoms. The predicted octanol–water partition coefficient (Wildman–Crippen LogP) is 3.95. The third-order valence-corrected chi connectivity index (χ3v) is 5.62. The molecule has 2 heterocycles. The Bertz CT molecular complexity index is 911. The molecular formula is C20H23N5OS. The zero-order valence-electron chi connectivity index (χ0n) is 15.4. The second-order valence-electron chi connectivity index (χ2n) is 6.69. The fraction of sp³-hybridized carbons (Fsp3) is 0.350. The number of ether oxygens (including phenoxy) is 1. The van der Waals surface area contributed by atoms with Crippen LogP contribution in [0, 0.1) is 0 Å². The molecule has 1 saturated carbocycles. The number of allylic oxidation sites excluding steroid dienone is 1. The molecule has 4 rings (SSSR count). The summed E-state index contributed by atoms with van der Waals surface area (Å²) in [5, 5.41) is 9.75. The van der Waals surface area contributed by atoms with Crippen molar-refractivity contribution in [3.8, 4) is 5.75 Å². The summed E-state index contributed by atoms with van der Waals surface area (Å²) in [4.78, 5) is 4.27. The molecule has 0 radical (unpaired) electrons. The van der Waals surface area contributed by atoms with E-state index in [9.17, 15) is 0 Å². The highest BCUT2D eigenvalue weighted by molar-refractivity contribution is 7.98. The second-order valence-corrected chi connectivity index (χ2v) is 7.63. The summed E-state index contributed by atoms with van der Waals surface area (Å²) in [5.41, 5.74) is 1.23. The molecule has 0 unspecified atom stereocenters. The van der Waals surface area contributed by atoms with Gasteiger partial charge in [-0.2, -0.15) is 0 Å². The molecule has 1 fully saturated rings. The van der Waals surface area contributed by atoms with Crippen LogP contribution in [-0.4, -0.2) is 24.3 Å². The minimum Gasteiger partial charge on any atom is -0.486 e. The van der Waals surface area contributed by atoms with E-state index in [1.54, 1.807) is 18.0 Å². The van der Waals surface area contributed by atoms with E-state index in [2.05, 4.69) is 38.5 Å². The van der Waals surface area contributed by atoms with E-state index < -0.39 is 0 Å². The maximum absolute atomic E-state index is 5.81. The van der Waals surface area contributed by atoms with Crippen LogP contribution in [0.15, 0.2) is 54.5 Å². The Labute approximate surface area is 163 Å². The van der Waals surface area contributed by atoms with Crippen LogP contribution in [0.3, 0.4) is 0 Å². The Hall–Kier alpha value is -2.54. The molecule has 3 aromatic rings. The second kappa shape index (κ2) is 8.00. The summed E-state index contributed by atoms with van der Waals surface area (Å²) in [6.45, 7) is 5.09. The van der Waals surface area contributed by atoms with Crippen molar-refractivity contribution >= 4 is 11.8 Å². The minimum absolute atomic E-state index is 0.464. The van der Waals surface area contributed by atoms with Gasteiger partial charge in [0.1, 0.15) is 24.0 Å². The molecular weight excluding hydrogens is 358 g/mol. The molecule has 0 bridgehead atoms. The van der Waals surface area contributed by atoms with Gasteiger partial charge in [-0.3, -0.25) is 0 Å². The fourth-order valence-electron chi connectivity index (χ4n) is 2.86. The molecule has 140 valence electrons. The lowest BCUT2D eigenvalue weighted by Crippen LogP contribution is -2.03. The van der Waals surface area contributed by atoms with Gasteiger partial charge in [0, 0.05) is 37.7 Å². The Morgan fingerprint density at radius 2 is 2.07 bits per heavy atom. The summed E-state index contributed by atoms with van der Waals surface area (Å²) in [7, 11) is 1.96. The van der Waals surface area contributed by atoms with Gasteiger partial charge in [-0.25, -0.2) is 4.98 Å². The van der Waals surface area contributed by atoms with Gasteiger partial charge >= 0.3 is 0 Å². The summed E-state index contributed by atoms with van der Waals surface area (Å²) in [6.07, 6.45) is 8.05. The fourth-order valence-corrected chi connectivity index (χ4v) is 3.77. The predicted molar refractivity (Wildman–Crippen MR) is 106 cm³/mol. The monoisotopic (exact) mass is 381 g/mol. The molecule has 0 N–H and O–H groups in total. The Morgan fingerprint density at radius 3 is 2.74 bits per heavy atom. The molecule has 0 aliphatic heterocycles. The number of imidazole rings is 1. The van der Waals surface area contributed by atoms with Crippen molar-refractivity contribution in [2.45, 2.75) is 42.8 Å². The average Bonchev–Trinajstić information content (AvgIpc) is 3.33. The van der Waals surface area contributed by atoms with Gasteiger partial charge in [0.2, 0.25) is 0 Å². The number of rotatable bonds is 9. The van der Waals surface area contributed by atoms with E-state index in [4.69, 9.17) is 4.74 Å². The van der Waals surface area contributed by atoms with Gasteiger partial charge < -0.3 is 13.9 Å². The largest absolute Gasteiger partial charge is 0.486 e. The van der Waals surface area contributed by atoms with Gasteiger partial charge in [-0.15, -0.1) is 16.8 Å². The van der Waals surface area contributed by atoms with Gasteiger partial charge in [0.05, 0.1) is 0 Å². The van der Waals surface area contributed by atoms with Gasteiger partial charge in [-0.05, 0) is 30.5 Å². The van der Waals surface area contributed by atoms with Gasteiger partial charge in [0.25, 0.3) is 0 Å². The SMILES string of the molecule is C=CCn1c(SCc2ccc(OCc3nccn3C)cc2)nnc1C1CC1. The zero-order valence-corrected chi connectivity index (χ0v) is 16.2. The topological polar surface area (TPSA) is 57.8 Å². The van der Waals surface area contributed by atoms with Crippen LogP contribution < -0.4 is 4.74 Å². The van der Waals surface area contributed by atoms with E-state index in [-0.39, 0.29) is 0 Å². The van der Waals surface area contributed by atoms with Crippen LogP contribution in [0.2, 0.25) is 0 Å². The van der Waals surface area contributed by atoms with Crippen LogP contribution in [0.25, 0.3) is 0 Å². The lowest BCUT2D eigenvalue weighted by Gasteiger charge is -2.08. The first-order chi connectivity index (χ1) is 13.2. The van der Waals surface area contributed by atoms with E-state index in [0.717, 1.165) is 34.9 Å². The molecule has 0 atom stereocenters. The minimum atomic E-state index is 0.464. The van der Waals surface area contributed by atoms with E-state index in [1.165, 1.54) is 18.4 Å². The summed E-state index contributed by atoms with van der Waals surface area (Å²) < 4.78 is 9.96. The number of hydrogen-bond donors (Lipinski definition) is 0. The smallest absolute Gasteiger partial charge is 0.191 e. The van der Waals surface area contributed by atoms with E-state index >= 15 is 0 Å². The van der Waals surface area contributed by atoms with Crippen LogP contribution in [0.4, 0.5) is 0 Å². The highest BCUT2D eigenvalue weighted by Crippen LogP contribution is 2.40. The number of benzene rings is 1. The molecule has 2 aromatic heterocycles. The standard InChI is InChI=1S/C20H23N5OS/c1-3-11-25-19(16-6-7-16)22-23-20(25)27-14-15-4-8-17(9-5-15)26-13-18-21-10-12-24(18)2/h3-5,8-10,12,16H,1,6-7,11,13-14H2,2H3. The third kappa shape index (κ3) is 4.24. The van der Waals surface area contributed by atoms with Crippen LogP contribution >= 0.6 is 11.8 Å². The number of thioether (sulfide) groups is 1. The summed E-state index contributed by atoms with van der Waals surface area (Å²) >= 11 is 1.71. The maximum atomic E-state index is 5.81. The summed E-state index contributed by atoms with van der Waals surface area (Å²) in [5.74, 6) is 4.29. The first-order valence-corrected chi connectivity index (χ1v) is 10.1. The van der Waals surface area contributed by atoms with Crippen molar-refractivity contribution in [1.82, 2.24) is 24.3 Å². The first kappa shape index (κ1) is 17.9. The van der Waals surface area contributed by atoms with Crippen molar-refractivity contribution in [3.05, 3.63) is 66.5 Å². The molecule has 6 nitrogen and oxygen atoms in total. The maximum Gasteiger partial charge on any atom is 0.191 e. The van der Waals surface area contributed by atoms with Crippen LogP contribution in [-0.2, 0) is 26.0 Å². The molecule has 1 aromatic carbocycles. The van der Waals surface area contributed by atoms with Gasteiger partial charge in [-0.1, -0.05) is 30.0 Å². The molecule has 0 amide bonds. The number of hydrogen-bond acceptors (Lipinski definition) is 5. The molecule has 0 saturated heterocycles. The molecule has 1 aliphatic rings. The van der Waals surface area contributed by atoms with Crippen molar-refractivity contribution in [1.29, 1.82) is 0 Å². The number of aryl methyl sites for hydroxylation is 1. The molecule has 1 aliphatic carbocycles. The number of nitrogens with zero attached hydrogens (tertiary/aromatic N) is 5. The highest BCUT2D eigenvalue weighted by atomic mass is 32.2. The number of aromatic nitrogens is 5. The zero-order chi connectivity index (χ0) is 18.6. The lowest BCUT2D eigenvalue weighted by molar-refractivity contribution is 0.292. The van der Waals surface area contributed by atoms with Crippen molar-refractivity contribution in [3.63, 3.8) is 0 Å². The Morgan fingerprint density at radius 1 is 1.26 bits per heavy atom. The van der Waals surface area contributed by atoms with Gasteiger partial charge in [0.15, 0.2) is 5.16 Å². The van der Waals surface area contributed by atoms with E-state index in [1.807, 2.05) is 36.0 Å².